The Balaban J connectivity index is 0.00000532. The van der Waals surface area contributed by atoms with E-state index in [1.54, 1.807) is 27.0 Å². The molecule has 1 saturated carbocycles. The number of ether oxygens (including phenoxy) is 1. The fourth-order valence-electron chi connectivity index (χ4n) is 9.20. The van der Waals surface area contributed by atoms with Crippen LogP contribution in [0.4, 0.5) is 0 Å². The molecule has 2 amide bonds. The SMILES string of the molecule is COc1ccc2c(c1)C=C(c1c(C(=O)N3C(C)CCC3CN(C)C)ccn1C(C)C)Cn1c-2c(C2CCCCC2)c2ccc(C(=O)NS(=O)(=O)C(C)C)cc21.[HH]. The molecular weight excluding hydrogens is 711 g/mol. The van der Waals surface area contributed by atoms with E-state index in [9.17, 15) is 18.0 Å². The van der Waals surface area contributed by atoms with Gasteiger partial charge in [0.15, 0.2) is 0 Å². The molecule has 11 heteroatoms. The van der Waals surface area contributed by atoms with Gasteiger partial charge in [0.2, 0.25) is 10.0 Å². The fraction of sp³-hybridized carbons (Fsp3) is 0.500. The summed E-state index contributed by atoms with van der Waals surface area (Å²) in [4.78, 5) is 32.7. The molecule has 2 atom stereocenters. The van der Waals surface area contributed by atoms with Crippen LogP contribution in [0.3, 0.4) is 0 Å². The first-order chi connectivity index (χ1) is 26.2. The van der Waals surface area contributed by atoms with Crippen LogP contribution in [0, 0.1) is 0 Å². The number of nitrogens with one attached hydrogen (secondary N) is 1. The average Bonchev–Trinajstić information content (AvgIpc) is 3.81. The number of benzene rings is 2. The summed E-state index contributed by atoms with van der Waals surface area (Å²) in [6.07, 6.45) is 11.9. The number of likely N-dealkylation sites (N-methyl/N-ethyl adjacent to an activating group) is 1. The van der Waals surface area contributed by atoms with E-state index in [0.717, 1.165) is 89.8 Å². The van der Waals surface area contributed by atoms with E-state index in [1.807, 2.05) is 30.5 Å². The molecule has 2 unspecified atom stereocenters. The molecule has 10 nitrogen and oxygen atoms in total. The van der Waals surface area contributed by atoms with Crippen molar-refractivity contribution in [3.05, 3.63) is 76.6 Å². The van der Waals surface area contributed by atoms with Crippen molar-refractivity contribution in [2.24, 2.45) is 0 Å². The second-order valence-corrected chi connectivity index (χ2v) is 18.9. The maximum absolute atomic E-state index is 14.9. The molecule has 0 bridgehead atoms. The van der Waals surface area contributed by atoms with Crippen LogP contribution in [0.1, 0.15) is 130 Å². The third-order valence-corrected chi connectivity index (χ3v) is 13.7. The first-order valence-corrected chi connectivity index (χ1v) is 21.5. The summed E-state index contributed by atoms with van der Waals surface area (Å²) in [6.45, 7) is 10.8. The molecule has 2 aliphatic heterocycles. The van der Waals surface area contributed by atoms with E-state index >= 15 is 0 Å². The first-order valence-electron chi connectivity index (χ1n) is 20.0. The van der Waals surface area contributed by atoms with Gasteiger partial charge in [-0.2, -0.15) is 0 Å². The monoisotopic (exact) mass is 769 g/mol. The van der Waals surface area contributed by atoms with Gasteiger partial charge in [-0.1, -0.05) is 25.3 Å². The maximum atomic E-state index is 14.9. The molecule has 2 fully saturated rings. The van der Waals surface area contributed by atoms with Crippen LogP contribution in [0.15, 0.2) is 48.7 Å². The van der Waals surface area contributed by atoms with Gasteiger partial charge >= 0.3 is 0 Å². The molecule has 0 spiro atoms. The minimum absolute atomic E-state index is 0. The highest BCUT2D eigenvalue weighted by Crippen LogP contribution is 2.48. The fourth-order valence-corrected chi connectivity index (χ4v) is 9.81. The molecule has 1 N–H and O–H groups in total. The minimum atomic E-state index is -3.84. The third-order valence-electron chi connectivity index (χ3n) is 12.0. The number of amides is 2. The highest BCUT2D eigenvalue weighted by atomic mass is 32.2. The zero-order valence-electron chi connectivity index (χ0n) is 33.7. The Morgan fingerprint density at radius 1 is 0.964 bits per heavy atom. The number of methoxy groups -OCH3 is 1. The molecule has 55 heavy (non-hydrogen) atoms. The summed E-state index contributed by atoms with van der Waals surface area (Å²) in [5.74, 6) is 0.477. The molecule has 2 aromatic heterocycles. The van der Waals surface area contributed by atoms with Crippen LogP contribution in [0.2, 0.25) is 0 Å². The van der Waals surface area contributed by atoms with E-state index in [-0.39, 0.29) is 31.0 Å². The molecule has 4 aromatic rings. The smallest absolute Gasteiger partial charge is 0.264 e. The standard InChI is InChI=1S/C44H57N5O5S.H2/c1-27(2)47-21-20-38(44(51)49-29(5)14-16-34(49)26-46(6)7)41(47)33-22-32-23-35(54-8)17-19-36(32)42-40(30-12-10-9-11-13-30)37-18-15-31(24-39(37)48(42)25-33)43(50)45-55(52,53)28(3)4;/h15,17-24,27-30,34H,9-14,16,25-26H2,1-8H3,(H,45,50);1H. The Labute approximate surface area is 328 Å². The first kappa shape index (κ1) is 38.9. The number of allylic oxidation sites excluding steroid dienone is 1. The lowest BCUT2D eigenvalue weighted by Gasteiger charge is -2.31. The number of rotatable bonds is 10. The summed E-state index contributed by atoms with van der Waals surface area (Å²) in [5, 5.41) is 0.320. The van der Waals surface area contributed by atoms with E-state index in [0.29, 0.717) is 18.0 Å². The predicted octanol–water partition coefficient (Wildman–Crippen LogP) is 8.57. The molecule has 2 aromatic carbocycles. The number of likely N-dealkylation sites (tertiary alicyclic amines) is 1. The van der Waals surface area contributed by atoms with Gasteiger partial charge in [-0.3, -0.25) is 9.59 Å². The number of carbonyl (C=O) groups is 2. The molecule has 7 rings (SSSR count). The summed E-state index contributed by atoms with van der Waals surface area (Å²) < 4.78 is 38.2. The van der Waals surface area contributed by atoms with Crippen LogP contribution in [0.25, 0.3) is 33.8 Å². The molecule has 1 aliphatic carbocycles. The van der Waals surface area contributed by atoms with Crippen molar-refractivity contribution >= 4 is 44.4 Å². The van der Waals surface area contributed by atoms with Crippen LogP contribution < -0.4 is 9.46 Å². The highest BCUT2D eigenvalue weighted by Gasteiger charge is 2.38. The normalized spacial score (nSPS) is 19.2. The Hall–Kier alpha value is -4.35. The number of nitrogens with zero attached hydrogens (tertiary/aromatic N) is 4. The summed E-state index contributed by atoms with van der Waals surface area (Å²) in [7, 11) is 1.97. The van der Waals surface area contributed by atoms with E-state index in [1.165, 1.54) is 12.0 Å². The maximum Gasteiger partial charge on any atom is 0.264 e. The zero-order chi connectivity index (χ0) is 39.3. The van der Waals surface area contributed by atoms with Gasteiger partial charge in [0.1, 0.15) is 5.75 Å². The lowest BCUT2D eigenvalue weighted by atomic mass is 9.81. The molecule has 296 valence electrons. The Morgan fingerprint density at radius 3 is 2.38 bits per heavy atom. The topological polar surface area (TPSA) is 106 Å². The predicted molar refractivity (Wildman–Crippen MR) is 223 cm³/mol. The lowest BCUT2D eigenvalue weighted by molar-refractivity contribution is 0.0655. The summed E-state index contributed by atoms with van der Waals surface area (Å²) in [6, 6.07) is 14.2. The van der Waals surface area contributed by atoms with Gasteiger partial charge in [0, 0.05) is 54.3 Å². The summed E-state index contributed by atoms with van der Waals surface area (Å²) >= 11 is 0. The van der Waals surface area contributed by atoms with Crippen LogP contribution in [-0.4, -0.2) is 84.2 Å². The number of fused-ring (bicyclic) bond motifs is 5. The Kier molecular flexibility index (Phi) is 10.8. The molecule has 4 heterocycles. The molecular formula is C44H59N5O5S. The molecule has 0 radical (unpaired) electrons. The number of carbonyl (C=O) groups excluding carboxylic acids is 2. The van der Waals surface area contributed by atoms with Crippen molar-refractivity contribution in [1.29, 1.82) is 0 Å². The Morgan fingerprint density at radius 2 is 1.71 bits per heavy atom. The van der Waals surface area contributed by atoms with Gasteiger partial charge < -0.3 is 23.7 Å². The van der Waals surface area contributed by atoms with Crippen molar-refractivity contribution in [2.45, 2.75) is 115 Å². The minimum Gasteiger partial charge on any atom is -0.497 e. The van der Waals surface area contributed by atoms with Gasteiger partial charge in [-0.15, -0.1) is 0 Å². The van der Waals surface area contributed by atoms with E-state index < -0.39 is 21.2 Å². The van der Waals surface area contributed by atoms with E-state index in [4.69, 9.17) is 4.74 Å². The van der Waals surface area contributed by atoms with Crippen molar-refractivity contribution < 1.29 is 24.2 Å². The van der Waals surface area contributed by atoms with Gasteiger partial charge in [-0.25, -0.2) is 13.1 Å². The van der Waals surface area contributed by atoms with E-state index in [2.05, 4.69) is 76.7 Å². The van der Waals surface area contributed by atoms with Gasteiger partial charge in [0.05, 0.1) is 35.9 Å². The highest BCUT2D eigenvalue weighted by molar-refractivity contribution is 7.90. The van der Waals surface area contributed by atoms with Gasteiger partial charge in [-0.05, 0) is 139 Å². The second-order valence-electron chi connectivity index (χ2n) is 16.7. The third kappa shape index (κ3) is 7.26. The number of hydrogen-bond donors (Lipinski definition) is 1. The van der Waals surface area contributed by atoms with Crippen molar-refractivity contribution in [3.63, 3.8) is 0 Å². The quantitative estimate of drug-likeness (QED) is 0.173. The zero-order valence-corrected chi connectivity index (χ0v) is 34.5. The lowest BCUT2D eigenvalue weighted by Crippen LogP contribution is -2.44. The second kappa shape index (κ2) is 15.3. The summed E-state index contributed by atoms with van der Waals surface area (Å²) in [5.41, 5.74) is 8.16. The molecule has 1 saturated heterocycles. The van der Waals surface area contributed by atoms with Crippen molar-refractivity contribution in [2.75, 3.05) is 27.7 Å². The average molecular weight is 770 g/mol. The largest absolute Gasteiger partial charge is 0.497 e. The number of aromatic nitrogens is 2. The van der Waals surface area contributed by atoms with Crippen LogP contribution >= 0.6 is 0 Å². The Bertz CT molecular complexity index is 2260. The van der Waals surface area contributed by atoms with Crippen LogP contribution in [-0.2, 0) is 16.6 Å². The van der Waals surface area contributed by atoms with Crippen molar-refractivity contribution in [3.8, 4) is 17.0 Å². The van der Waals surface area contributed by atoms with Crippen LogP contribution in [0.5, 0.6) is 5.75 Å². The number of sulfonamides is 1. The molecule has 3 aliphatic rings. The number of hydrogen-bond acceptors (Lipinski definition) is 6. The van der Waals surface area contributed by atoms with Crippen molar-refractivity contribution in [1.82, 2.24) is 23.7 Å². The van der Waals surface area contributed by atoms with Gasteiger partial charge in [0.25, 0.3) is 11.8 Å².